The lowest BCUT2D eigenvalue weighted by atomic mass is 10.1. The monoisotopic (exact) mass is 419 g/mol. The van der Waals surface area contributed by atoms with Gasteiger partial charge in [-0.25, -0.2) is 4.90 Å². The number of carbonyl (C=O) groups excluding carboxylic acids is 2. The van der Waals surface area contributed by atoms with Gasteiger partial charge in [0, 0.05) is 42.3 Å². The van der Waals surface area contributed by atoms with E-state index in [2.05, 4.69) is 9.80 Å². The molecule has 6 heteroatoms. The van der Waals surface area contributed by atoms with E-state index in [1.165, 1.54) is 4.90 Å². The van der Waals surface area contributed by atoms with Crippen molar-refractivity contribution in [2.45, 2.75) is 12.5 Å². The molecule has 0 spiro atoms. The molecule has 2 fully saturated rings. The number of hydrogen-bond acceptors (Lipinski definition) is 4. The van der Waals surface area contributed by atoms with E-state index in [0.29, 0.717) is 5.69 Å². The molecule has 5 rings (SSSR count). The van der Waals surface area contributed by atoms with Crippen LogP contribution >= 0.6 is 11.6 Å². The van der Waals surface area contributed by atoms with Crippen LogP contribution in [-0.4, -0.2) is 48.9 Å². The van der Waals surface area contributed by atoms with Gasteiger partial charge in [-0.1, -0.05) is 48.0 Å². The summed E-state index contributed by atoms with van der Waals surface area (Å²) in [5.74, 6) is -0.238. The van der Waals surface area contributed by atoms with E-state index >= 15 is 0 Å². The van der Waals surface area contributed by atoms with Gasteiger partial charge in [0.2, 0.25) is 5.91 Å². The van der Waals surface area contributed by atoms with Gasteiger partial charge in [-0.05, 0) is 35.7 Å². The van der Waals surface area contributed by atoms with Crippen LogP contribution < -0.4 is 9.80 Å². The topological polar surface area (TPSA) is 43.9 Å². The molecule has 0 aromatic heterocycles. The molecule has 2 saturated heterocycles. The lowest BCUT2D eigenvalue weighted by molar-refractivity contribution is -0.123. The summed E-state index contributed by atoms with van der Waals surface area (Å²) in [5.41, 5.74) is 1.82. The Morgan fingerprint density at radius 2 is 1.50 bits per heavy atom. The number of amides is 2. The maximum atomic E-state index is 13.3. The Kier molecular flexibility index (Phi) is 4.93. The largest absolute Gasteiger partial charge is 0.369 e. The summed E-state index contributed by atoms with van der Waals surface area (Å²) in [6.07, 6.45) is 0.239. The number of fused-ring (bicyclic) bond motifs is 1. The number of anilines is 2. The summed E-state index contributed by atoms with van der Waals surface area (Å²) >= 11 is 5.99. The molecule has 0 unspecified atom stereocenters. The van der Waals surface area contributed by atoms with Crippen molar-refractivity contribution in [3.8, 4) is 0 Å². The second kappa shape index (κ2) is 7.74. The predicted molar refractivity (Wildman–Crippen MR) is 120 cm³/mol. The van der Waals surface area contributed by atoms with Gasteiger partial charge < -0.3 is 4.90 Å². The Morgan fingerprint density at radius 1 is 0.800 bits per heavy atom. The highest BCUT2D eigenvalue weighted by molar-refractivity contribution is 6.30. The first-order valence-corrected chi connectivity index (χ1v) is 10.6. The molecule has 0 saturated carbocycles. The molecule has 2 aliphatic heterocycles. The van der Waals surface area contributed by atoms with Crippen LogP contribution in [0.4, 0.5) is 11.4 Å². The SMILES string of the molecule is O=C1C[C@@H](N2CCN(c3ccc(Cl)cc3)CC2)C(=O)N1c1cccc2ccccc12. The van der Waals surface area contributed by atoms with E-state index in [-0.39, 0.29) is 24.3 Å². The molecule has 1 atom stereocenters. The first kappa shape index (κ1) is 19.1. The van der Waals surface area contributed by atoms with Crippen LogP contribution in [0.1, 0.15) is 6.42 Å². The quantitative estimate of drug-likeness (QED) is 0.603. The van der Waals surface area contributed by atoms with Crippen molar-refractivity contribution < 1.29 is 9.59 Å². The Bertz CT molecular complexity index is 1100. The molecule has 2 heterocycles. The third-order valence-corrected chi connectivity index (χ3v) is 6.33. The molecular formula is C24H22ClN3O2. The number of imide groups is 1. The van der Waals surface area contributed by atoms with Crippen LogP contribution in [-0.2, 0) is 9.59 Å². The van der Waals surface area contributed by atoms with E-state index in [0.717, 1.165) is 47.7 Å². The molecule has 2 amide bonds. The molecule has 2 aliphatic rings. The highest BCUT2D eigenvalue weighted by Crippen LogP contribution is 2.32. The summed E-state index contributed by atoms with van der Waals surface area (Å²) in [4.78, 5) is 32.0. The van der Waals surface area contributed by atoms with E-state index in [9.17, 15) is 9.59 Å². The third kappa shape index (κ3) is 3.34. The second-order valence-electron chi connectivity index (χ2n) is 7.79. The van der Waals surface area contributed by atoms with Crippen molar-refractivity contribution in [2.24, 2.45) is 0 Å². The lowest BCUT2D eigenvalue weighted by Gasteiger charge is -2.38. The molecule has 0 radical (unpaired) electrons. The van der Waals surface area contributed by atoms with Gasteiger partial charge in [-0.3, -0.25) is 14.5 Å². The molecule has 5 nitrogen and oxygen atoms in total. The van der Waals surface area contributed by atoms with Gasteiger partial charge in [-0.15, -0.1) is 0 Å². The predicted octanol–water partition coefficient (Wildman–Crippen LogP) is 3.95. The van der Waals surface area contributed by atoms with E-state index in [1.54, 1.807) is 0 Å². The molecule has 3 aromatic rings. The van der Waals surface area contributed by atoms with Crippen molar-refractivity contribution in [1.82, 2.24) is 4.90 Å². The molecule has 0 aliphatic carbocycles. The summed E-state index contributed by atoms with van der Waals surface area (Å²) in [6.45, 7) is 3.12. The number of hydrogen-bond donors (Lipinski definition) is 0. The highest BCUT2D eigenvalue weighted by atomic mass is 35.5. The zero-order valence-corrected chi connectivity index (χ0v) is 17.3. The van der Waals surface area contributed by atoms with Crippen molar-refractivity contribution in [3.63, 3.8) is 0 Å². The van der Waals surface area contributed by atoms with E-state index in [4.69, 9.17) is 11.6 Å². The fourth-order valence-corrected chi connectivity index (χ4v) is 4.63. The second-order valence-corrected chi connectivity index (χ2v) is 8.22. The fourth-order valence-electron chi connectivity index (χ4n) is 4.50. The first-order chi connectivity index (χ1) is 14.6. The Hall–Kier alpha value is -2.89. The minimum atomic E-state index is -0.385. The minimum absolute atomic E-state index is 0.115. The van der Waals surface area contributed by atoms with Crippen molar-refractivity contribution in [2.75, 3.05) is 36.0 Å². The lowest BCUT2D eigenvalue weighted by Crippen LogP contribution is -2.52. The summed E-state index contributed by atoms with van der Waals surface area (Å²) in [6, 6.07) is 21.0. The van der Waals surface area contributed by atoms with E-state index in [1.807, 2.05) is 66.7 Å². The Balaban J connectivity index is 1.33. The van der Waals surface area contributed by atoms with Crippen LogP contribution in [0.3, 0.4) is 0 Å². The van der Waals surface area contributed by atoms with Gasteiger partial charge in [-0.2, -0.15) is 0 Å². The highest BCUT2D eigenvalue weighted by Gasteiger charge is 2.43. The average molecular weight is 420 g/mol. The standard InChI is InChI=1S/C24H22ClN3O2/c25-18-8-10-19(11-9-18)26-12-14-27(15-13-26)22-16-23(29)28(24(22)30)21-7-3-5-17-4-1-2-6-20(17)21/h1-11,22H,12-16H2/t22-/m1/s1. The van der Waals surface area contributed by atoms with E-state index < -0.39 is 0 Å². The molecule has 3 aromatic carbocycles. The van der Waals surface area contributed by atoms with Crippen molar-refractivity contribution in [1.29, 1.82) is 0 Å². The van der Waals surface area contributed by atoms with Crippen molar-refractivity contribution >= 4 is 45.6 Å². The Labute approximate surface area is 180 Å². The number of nitrogens with zero attached hydrogens (tertiary/aromatic N) is 3. The van der Waals surface area contributed by atoms with Crippen LogP contribution in [0, 0.1) is 0 Å². The smallest absolute Gasteiger partial charge is 0.251 e. The maximum absolute atomic E-state index is 13.3. The minimum Gasteiger partial charge on any atom is -0.369 e. The van der Waals surface area contributed by atoms with Gasteiger partial charge in [0.25, 0.3) is 5.91 Å². The first-order valence-electron chi connectivity index (χ1n) is 10.2. The fraction of sp³-hybridized carbons (Fsp3) is 0.250. The summed E-state index contributed by atoms with van der Waals surface area (Å²) < 4.78 is 0. The van der Waals surface area contributed by atoms with Crippen LogP contribution in [0.15, 0.2) is 66.7 Å². The molecule has 0 N–H and O–H groups in total. The third-order valence-electron chi connectivity index (χ3n) is 6.08. The van der Waals surface area contributed by atoms with Crippen LogP contribution in [0.25, 0.3) is 10.8 Å². The number of carbonyl (C=O) groups is 2. The number of rotatable bonds is 3. The van der Waals surface area contributed by atoms with Gasteiger partial charge >= 0.3 is 0 Å². The van der Waals surface area contributed by atoms with Gasteiger partial charge in [0.05, 0.1) is 18.2 Å². The van der Waals surface area contributed by atoms with Crippen molar-refractivity contribution in [3.05, 3.63) is 71.8 Å². The number of halogens is 1. The average Bonchev–Trinajstić information content (AvgIpc) is 3.08. The molecule has 30 heavy (non-hydrogen) atoms. The maximum Gasteiger partial charge on any atom is 0.251 e. The summed E-state index contributed by atoms with van der Waals surface area (Å²) in [5, 5.41) is 2.67. The molecule has 152 valence electrons. The van der Waals surface area contributed by atoms with Crippen LogP contribution in [0.5, 0.6) is 0 Å². The van der Waals surface area contributed by atoms with Gasteiger partial charge in [0.15, 0.2) is 0 Å². The summed E-state index contributed by atoms with van der Waals surface area (Å²) in [7, 11) is 0. The zero-order chi connectivity index (χ0) is 20.7. The van der Waals surface area contributed by atoms with Crippen LogP contribution in [0.2, 0.25) is 5.02 Å². The normalized spacial score (nSPS) is 20.4. The molecule has 0 bridgehead atoms. The zero-order valence-electron chi connectivity index (χ0n) is 16.5. The van der Waals surface area contributed by atoms with Gasteiger partial charge in [0.1, 0.15) is 0 Å². The Morgan fingerprint density at radius 3 is 2.27 bits per heavy atom. The number of benzene rings is 3. The number of piperazine rings is 1. The molecular weight excluding hydrogens is 398 g/mol.